The maximum atomic E-state index is 12.8. The summed E-state index contributed by atoms with van der Waals surface area (Å²) in [7, 11) is 0. The number of nitrogens with one attached hydrogen (secondary N) is 2. The molecule has 0 unspecified atom stereocenters. The first-order valence-corrected chi connectivity index (χ1v) is 11.6. The van der Waals surface area contributed by atoms with Gasteiger partial charge in [0.05, 0.1) is 18.1 Å². The zero-order chi connectivity index (χ0) is 23.9. The molecular formula is C22H46N6O3. The summed E-state index contributed by atoms with van der Waals surface area (Å²) < 4.78 is 0. The molecule has 0 aromatic rings. The summed E-state index contributed by atoms with van der Waals surface area (Å²) in [4.78, 5) is 37.2. The number of hydrogen-bond donors (Lipinski definition) is 6. The topological polar surface area (TPSA) is 179 Å². The Hall–Kier alpha value is -1.55. The van der Waals surface area contributed by atoms with Crippen molar-refractivity contribution in [3.05, 3.63) is 0 Å². The average molecular weight is 443 g/mol. The summed E-state index contributed by atoms with van der Waals surface area (Å²) >= 11 is 0. The van der Waals surface area contributed by atoms with Crippen molar-refractivity contribution in [2.45, 2.75) is 96.7 Å². The van der Waals surface area contributed by atoms with Crippen molar-refractivity contribution < 1.29 is 14.4 Å². The van der Waals surface area contributed by atoms with Crippen LogP contribution in [0.25, 0.3) is 0 Å². The summed E-state index contributed by atoms with van der Waals surface area (Å²) in [5, 5.41) is 5.67. The smallest absolute Gasteiger partial charge is 0.237 e. The van der Waals surface area contributed by atoms with Gasteiger partial charge in [0, 0.05) is 12.0 Å². The van der Waals surface area contributed by atoms with E-state index in [0.29, 0.717) is 51.7 Å². The summed E-state index contributed by atoms with van der Waals surface area (Å²) in [6.45, 7) is 7.14. The Bertz CT molecular complexity index is 536. The SMILES string of the molecule is CC(C)(C)C(=O)[C@H](CCCCNC(=O)[C@@H](N)CCCCN)NC(=O)[C@@H](N)CCCCN. The van der Waals surface area contributed by atoms with Gasteiger partial charge in [-0.1, -0.05) is 33.6 Å². The molecule has 0 saturated carbocycles. The van der Waals surface area contributed by atoms with Crippen molar-refractivity contribution in [1.82, 2.24) is 10.6 Å². The molecule has 0 aliphatic heterocycles. The van der Waals surface area contributed by atoms with Crippen LogP contribution in [0.3, 0.4) is 0 Å². The van der Waals surface area contributed by atoms with Gasteiger partial charge in [-0.25, -0.2) is 0 Å². The minimum atomic E-state index is -0.651. The number of hydrogen-bond acceptors (Lipinski definition) is 7. The van der Waals surface area contributed by atoms with E-state index in [1.165, 1.54) is 0 Å². The lowest BCUT2D eigenvalue weighted by molar-refractivity contribution is -0.133. The zero-order valence-electron chi connectivity index (χ0n) is 19.8. The second kappa shape index (κ2) is 16.1. The van der Waals surface area contributed by atoms with Gasteiger partial charge in [0.1, 0.15) is 0 Å². The van der Waals surface area contributed by atoms with Crippen molar-refractivity contribution >= 4 is 17.6 Å². The first kappa shape index (κ1) is 29.5. The van der Waals surface area contributed by atoms with Gasteiger partial charge < -0.3 is 33.6 Å². The van der Waals surface area contributed by atoms with Gasteiger partial charge in [0.25, 0.3) is 0 Å². The Morgan fingerprint density at radius 2 is 1.23 bits per heavy atom. The lowest BCUT2D eigenvalue weighted by Crippen LogP contribution is -2.51. The van der Waals surface area contributed by atoms with E-state index < -0.39 is 23.5 Å². The van der Waals surface area contributed by atoms with E-state index in [9.17, 15) is 14.4 Å². The second-order valence-electron chi connectivity index (χ2n) is 9.24. The van der Waals surface area contributed by atoms with E-state index in [4.69, 9.17) is 22.9 Å². The van der Waals surface area contributed by atoms with Crippen molar-refractivity contribution in [3.63, 3.8) is 0 Å². The van der Waals surface area contributed by atoms with E-state index in [1.54, 1.807) is 0 Å². The molecule has 0 rings (SSSR count). The molecule has 0 aliphatic carbocycles. The Labute approximate surface area is 187 Å². The molecule has 3 atom stereocenters. The molecule has 0 heterocycles. The first-order valence-electron chi connectivity index (χ1n) is 11.6. The van der Waals surface area contributed by atoms with Gasteiger partial charge in [-0.3, -0.25) is 14.4 Å². The van der Waals surface area contributed by atoms with E-state index in [-0.39, 0.29) is 17.6 Å². The number of nitrogens with two attached hydrogens (primary N) is 4. The molecule has 9 heteroatoms. The fourth-order valence-electron chi connectivity index (χ4n) is 3.17. The average Bonchev–Trinajstić information content (AvgIpc) is 2.71. The minimum Gasteiger partial charge on any atom is -0.355 e. The molecule has 10 N–H and O–H groups in total. The van der Waals surface area contributed by atoms with Gasteiger partial charge >= 0.3 is 0 Å². The lowest BCUT2D eigenvalue weighted by atomic mass is 9.84. The summed E-state index contributed by atoms with van der Waals surface area (Å²) in [6, 6.07) is -1.77. The van der Waals surface area contributed by atoms with Crippen LogP contribution in [-0.4, -0.2) is 55.4 Å². The Balaban J connectivity index is 4.52. The van der Waals surface area contributed by atoms with Crippen LogP contribution < -0.4 is 33.6 Å². The maximum Gasteiger partial charge on any atom is 0.237 e. The number of amides is 2. The quantitative estimate of drug-likeness (QED) is 0.175. The molecule has 31 heavy (non-hydrogen) atoms. The molecule has 0 radical (unpaired) electrons. The van der Waals surface area contributed by atoms with Crippen molar-refractivity contribution in [2.75, 3.05) is 19.6 Å². The Morgan fingerprint density at radius 3 is 1.71 bits per heavy atom. The van der Waals surface area contributed by atoms with Gasteiger partial charge in [-0.2, -0.15) is 0 Å². The third-order valence-electron chi connectivity index (χ3n) is 5.20. The number of Topliss-reactive ketones (excluding diaryl/α,β-unsaturated/α-hetero) is 1. The highest BCUT2D eigenvalue weighted by Gasteiger charge is 2.31. The van der Waals surface area contributed by atoms with Crippen molar-refractivity contribution in [1.29, 1.82) is 0 Å². The standard InChI is InChI=1S/C22H46N6O3/c1-22(2,3)19(29)18(28-21(31)17(26)11-5-8-14-24)12-6-9-15-27-20(30)16(25)10-4-7-13-23/h16-18H,4-15,23-26H2,1-3H3,(H,27,30)(H,28,31)/t16-,17-,18-/m0/s1. The highest BCUT2D eigenvalue weighted by molar-refractivity contribution is 5.93. The maximum absolute atomic E-state index is 12.8. The molecule has 0 fully saturated rings. The second-order valence-corrected chi connectivity index (χ2v) is 9.24. The molecule has 2 amide bonds. The molecule has 182 valence electrons. The van der Waals surface area contributed by atoms with Gasteiger partial charge in [0.15, 0.2) is 5.78 Å². The van der Waals surface area contributed by atoms with Crippen LogP contribution in [0.4, 0.5) is 0 Å². The van der Waals surface area contributed by atoms with Crippen LogP contribution in [0.1, 0.15) is 78.6 Å². The van der Waals surface area contributed by atoms with Crippen LogP contribution in [0.5, 0.6) is 0 Å². The molecular weight excluding hydrogens is 396 g/mol. The first-order chi connectivity index (χ1) is 14.5. The number of ketones is 1. The predicted molar refractivity (Wildman–Crippen MR) is 125 cm³/mol. The molecule has 0 bridgehead atoms. The Kier molecular flexibility index (Phi) is 15.3. The largest absolute Gasteiger partial charge is 0.355 e. The fraction of sp³-hybridized carbons (Fsp3) is 0.864. The van der Waals surface area contributed by atoms with Crippen LogP contribution in [0, 0.1) is 5.41 Å². The Morgan fingerprint density at radius 1 is 0.742 bits per heavy atom. The normalized spacial score (nSPS) is 14.5. The number of unbranched alkanes of at least 4 members (excludes halogenated alkanes) is 3. The molecule has 9 nitrogen and oxygen atoms in total. The fourth-order valence-corrected chi connectivity index (χ4v) is 3.17. The van der Waals surface area contributed by atoms with Crippen LogP contribution in [-0.2, 0) is 14.4 Å². The molecule has 0 aliphatic rings. The highest BCUT2D eigenvalue weighted by Crippen LogP contribution is 2.19. The molecule has 0 spiro atoms. The minimum absolute atomic E-state index is 0.0269. The van der Waals surface area contributed by atoms with E-state index in [0.717, 1.165) is 25.7 Å². The van der Waals surface area contributed by atoms with Gasteiger partial charge in [-0.15, -0.1) is 0 Å². The third-order valence-corrected chi connectivity index (χ3v) is 5.20. The molecule has 0 aromatic heterocycles. The van der Waals surface area contributed by atoms with Crippen LogP contribution >= 0.6 is 0 Å². The van der Waals surface area contributed by atoms with Crippen molar-refractivity contribution in [2.24, 2.45) is 28.3 Å². The van der Waals surface area contributed by atoms with E-state index in [1.807, 2.05) is 20.8 Å². The lowest BCUT2D eigenvalue weighted by Gasteiger charge is -2.26. The predicted octanol–water partition coefficient (Wildman–Crippen LogP) is 0.286. The van der Waals surface area contributed by atoms with Gasteiger partial charge in [-0.05, 0) is 58.0 Å². The van der Waals surface area contributed by atoms with Crippen LogP contribution in [0.15, 0.2) is 0 Å². The zero-order valence-corrected chi connectivity index (χ0v) is 19.8. The number of carbonyl (C=O) groups excluding carboxylic acids is 3. The number of carbonyl (C=O) groups is 3. The van der Waals surface area contributed by atoms with Crippen LogP contribution in [0.2, 0.25) is 0 Å². The summed E-state index contributed by atoms with van der Waals surface area (Å²) in [5.41, 5.74) is 22.2. The monoisotopic (exact) mass is 442 g/mol. The summed E-state index contributed by atoms with van der Waals surface area (Å²) in [5.74, 6) is -0.506. The highest BCUT2D eigenvalue weighted by atomic mass is 16.2. The van der Waals surface area contributed by atoms with E-state index in [2.05, 4.69) is 10.6 Å². The molecule has 0 saturated heterocycles. The van der Waals surface area contributed by atoms with E-state index >= 15 is 0 Å². The number of rotatable bonds is 17. The summed E-state index contributed by atoms with van der Waals surface area (Å²) in [6.07, 6.45) is 6.29. The van der Waals surface area contributed by atoms with Crippen molar-refractivity contribution in [3.8, 4) is 0 Å². The van der Waals surface area contributed by atoms with Gasteiger partial charge in [0.2, 0.25) is 11.8 Å². The molecule has 0 aromatic carbocycles. The third kappa shape index (κ3) is 13.5.